The van der Waals surface area contributed by atoms with E-state index < -0.39 is 0 Å². The molecular formula is C18H16N6. The topological polar surface area (TPSA) is 119 Å². The van der Waals surface area contributed by atoms with Gasteiger partial charge >= 0.3 is 0 Å². The van der Waals surface area contributed by atoms with Gasteiger partial charge in [-0.2, -0.15) is 0 Å². The van der Waals surface area contributed by atoms with Crippen molar-refractivity contribution in [3.05, 3.63) is 72.1 Å². The molecule has 0 saturated carbocycles. The van der Waals surface area contributed by atoms with Crippen LogP contribution in [0, 0.1) is 21.6 Å². The van der Waals surface area contributed by atoms with Gasteiger partial charge in [0.15, 0.2) is 0 Å². The monoisotopic (exact) mass is 316 g/mol. The molecule has 0 unspecified atom stereocenters. The van der Waals surface area contributed by atoms with Gasteiger partial charge in [-0.3, -0.25) is 21.6 Å². The summed E-state index contributed by atoms with van der Waals surface area (Å²) in [4.78, 5) is 0. The predicted molar refractivity (Wildman–Crippen MR) is 99.0 cm³/mol. The van der Waals surface area contributed by atoms with Crippen molar-refractivity contribution in [1.29, 1.82) is 21.6 Å². The highest BCUT2D eigenvalue weighted by atomic mass is 14.9. The van der Waals surface area contributed by atoms with E-state index in [0.717, 1.165) is 22.8 Å². The molecule has 24 heavy (non-hydrogen) atoms. The molecule has 0 amide bonds. The Labute approximate surface area is 139 Å². The number of anilines is 2. The van der Waals surface area contributed by atoms with E-state index >= 15 is 0 Å². The summed E-state index contributed by atoms with van der Waals surface area (Å²) in [5.74, 6) is 0. The fourth-order valence-electron chi connectivity index (χ4n) is 2.21. The highest BCUT2D eigenvalue weighted by Gasteiger charge is 2.08. The Hall–Kier alpha value is -3.54. The Morgan fingerprint density at radius 1 is 0.500 bits per heavy atom. The van der Waals surface area contributed by atoms with Crippen molar-refractivity contribution in [3.8, 4) is 0 Å². The molecule has 2 aliphatic carbocycles. The first kappa shape index (κ1) is 15.4. The van der Waals surface area contributed by atoms with Gasteiger partial charge in [-0.25, -0.2) is 0 Å². The molecule has 1 aromatic rings. The van der Waals surface area contributed by atoms with Crippen LogP contribution in [-0.2, 0) is 0 Å². The van der Waals surface area contributed by atoms with Crippen molar-refractivity contribution in [2.45, 2.75) is 0 Å². The first-order chi connectivity index (χ1) is 11.5. The third-order valence-electron chi connectivity index (χ3n) is 3.50. The number of hydrogen-bond donors (Lipinski definition) is 6. The zero-order valence-corrected chi connectivity index (χ0v) is 12.8. The highest BCUT2D eigenvalue weighted by molar-refractivity contribution is 6.49. The van der Waals surface area contributed by atoms with Gasteiger partial charge in [0.25, 0.3) is 0 Å². The molecule has 6 heteroatoms. The van der Waals surface area contributed by atoms with Crippen LogP contribution in [0.2, 0.25) is 0 Å². The van der Waals surface area contributed by atoms with Gasteiger partial charge in [-0.1, -0.05) is 0 Å². The van der Waals surface area contributed by atoms with E-state index in [-0.39, 0.29) is 22.8 Å². The number of hydrogen-bond acceptors (Lipinski definition) is 6. The lowest BCUT2D eigenvalue weighted by Crippen LogP contribution is -2.13. The second-order valence-electron chi connectivity index (χ2n) is 5.35. The molecule has 1 aromatic carbocycles. The van der Waals surface area contributed by atoms with E-state index in [2.05, 4.69) is 10.6 Å². The average Bonchev–Trinajstić information content (AvgIpc) is 2.56. The SMILES string of the molecule is N=C1C=CC(Nc2ccc(NC3=CC(=N)C(=N)C=C3)cc2)=CC1=N. The Bertz CT molecular complexity index is 792. The molecule has 0 radical (unpaired) electrons. The van der Waals surface area contributed by atoms with Crippen molar-refractivity contribution in [3.63, 3.8) is 0 Å². The smallest absolute Gasteiger partial charge is 0.0809 e. The van der Waals surface area contributed by atoms with Crippen molar-refractivity contribution in [1.82, 2.24) is 0 Å². The Morgan fingerprint density at radius 3 is 1.21 bits per heavy atom. The van der Waals surface area contributed by atoms with E-state index in [1.165, 1.54) is 0 Å². The number of rotatable bonds is 4. The van der Waals surface area contributed by atoms with Gasteiger partial charge in [-0.15, -0.1) is 0 Å². The molecule has 6 nitrogen and oxygen atoms in total. The summed E-state index contributed by atoms with van der Waals surface area (Å²) in [7, 11) is 0. The summed E-state index contributed by atoms with van der Waals surface area (Å²) in [6.45, 7) is 0. The molecule has 0 saturated heterocycles. The lowest BCUT2D eigenvalue weighted by atomic mass is 10.1. The maximum absolute atomic E-state index is 7.65. The first-order valence-corrected chi connectivity index (χ1v) is 7.30. The van der Waals surface area contributed by atoms with Crippen LogP contribution in [0.1, 0.15) is 0 Å². The minimum absolute atomic E-state index is 0.183. The summed E-state index contributed by atoms with van der Waals surface area (Å²) < 4.78 is 0. The van der Waals surface area contributed by atoms with Crippen molar-refractivity contribution >= 4 is 34.2 Å². The minimum atomic E-state index is 0.183. The summed E-state index contributed by atoms with van der Waals surface area (Å²) in [6.07, 6.45) is 9.96. The van der Waals surface area contributed by atoms with E-state index in [1.54, 1.807) is 36.5 Å². The highest BCUT2D eigenvalue weighted by Crippen LogP contribution is 2.19. The van der Waals surface area contributed by atoms with Crippen LogP contribution in [-0.4, -0.2) is 22.8 Å². The van der Waals surface area contributed by atoms with Gasteiger partial charge in [0.1, 0.15) is 0 Å². The quantitative estimate of drug-likeness (QED) is 0.477. The molecule has 2 aliphatic rings. The van der Waals surface area contributed by atoms with Crippen LogP contribution in [0.5, 0.6) is 0 Å². The van der Waals surface area contributed by atoms with E-state index in [1.807, 2.05) is 24.3 Å². The summed E-state index contributed by atoms with van der Waals surface area (Å²) in [5, 5.41) is 36.7. The molecule has 0 aromatic heterocycles. The fourth-order valence-corrected chi connectivity index (χ4v) is 2.21. The molecule has 0 atom stereocenters. The van der Waals surface area contributed by atoms with Crippen molar-refractivity contribution in [2.75, 3.05) is 10.6 Å². The molecule has 3 rings (SSSR count). The lowest BCUT2D eigenvalue weighted by Gasteiger charge is -2.14. The van der Waals surface area contributed by atoms with Crippen LogP contribution in [0.4, 0.5) is 11.4 Å². The molecule has 0 fully saturated rings. The van der Waals surface area contributed by atoms with E-state index in [4.69, 9.17) is 21.6 Å². The normalized spacial score (nSPS) is 16.8. The fraction of sp³-hybridized carbons (Fsp3) is 0. The molecule has 0 aliphatic heterocycles. The standard InChI is InChI=1S/C18H16N6/c19-15-7-5-13(9-17(15)21)23-11-1-2-12(4-3-11)24-14-6-8-16(20)18(22)10-14/h1-10,19-24H. The Morgan fingerprint density at radius 2 is 0.875 bits per heavy atom. The number of benzene rings is 1. The summed E-state index contributed by atoms with van der Waals surface area (Å²) in [6, 6.07) is 7.62. The van der Waals surface area contributed by atoms with Crippen LogP contribution in [0.3, 0.4) is 0 Å². The Balaban J connectivity index is 1.66. The van der Waals surface area contributed by atoms with Gasteiger partial charge in [0.05, 0.1) is 22.8 Å². The average molecular weight is 316 g/mol. The number of allylic oxidation sites excluding steroid dienone is 6. The van der Waals surface area contributed by atoms with E-state index in [0.29, 0.717) is 0 Å². The zero-order chi connectivity index (χ0) is 17.1. The zero-order valence-electron chi connectivity index (χ0n) is 12.8. The third-order valence-corrected chi connectivity index (χ3v) is 3.50. The van der Waals surface area contributed by atoms with E-state index in [9.17, 15) is 0 Å². The van der Waals surface area contributed by atoms with Crippen LogP contribution < -0.4 is 10.6 Å². The largest absolute Gasteiger partial charge is 0.355 e. The van der Waals surface area contributed by atoms with Crippen LogP contribution >= 0.6 is 0 Å². The summed E-state index contributed by atoms with van der Waals surface area (Å²) >= 11 is 0. The van der Waals surface area contributed by atoms with Crippen LogP contribution in [0.25, 0.3) is 0 Å². The van der Waals surface area contributed by atoms with Crippen LogP contribution in [0.15, 0.2) is 72.1 Å². The Kier molecular flexibility index (Phi) is 4.03. The third kappa shape index (κ3) is 3.44. The minimum Gasteiger partial charge on any atom is -0.355 e. The van der Waals surface area contributed by atoms with Crippen molar-refractivity contribution in [2.24, 2.45) is 0 Å². The molecule has 118 valence electrons. The molecule has 6 N–H and O–H groups in total. The predicted octanol–water partition coefficient (Wildman–Crippen LogP) is 3.50. The van der Waals surface area contributed by atoms with Gasteiger partial charge < -0.3 is 10.6 Å². The molecule has 0 bridgehead atoms. The molecular weight excluding hydrogens is 300 g/mol. The lowest BCUT2D eigenvalue weighted by molar-refractivity contribution is 1.41. The second kappa shape index (κ2) is 6.29. The molecule has 0 heterocycles. The maximum Gasteiger partial charge on any atom is 0.0809 e. The van der Waals surface area contributed by atoms with Gasteiger partial charge in [0.2, 0.25) is 0 Å². The van der Waals surface area contributed by atoms with Gasteiger partial charge in [0, 0.05) is 22.8 Å². The maximum atomic E-state index is 7.65. The second-order valence-corrected chi connectivity index (χ2v) is 5.35. The van der Waals surface area contributed by atoms with Crippen molar-refractivity contribution < 1.29 is 0 Å². The molecule has 0 spiro atoms. The summed E-state index contributed by atoms with van der Waals surface area (Å²) in [5.41, 5.74) is 4.05. The first-order valence-electron chi connectivity index (χ1n) is 7.30. The van der Waals surface area contributed by atoms with Gasteiger partial charge in [-0.05, 0) is 60.7 Å². The number of nitrogens with one attached hydrogen (secondary N) is 6.